The monoisotopic (exact) mass is 363 g/mol. The second-order valence-corrected chi connectivity index (χ2v) is 5.89. The van der Waals surface area contributed by atoms with Crippen LogP contribution in [0.1, 0.15) is 15.9 Å². The molecule has 0 spiro atoms. The van der Waals surface area contributed by atoms with E-state index < -0.39 is 11.9 Å². The molecule has 3 aromatic rings. The Morgan fingerprint density at radius 2 is 1.52 bits per heavy atom. The van der Waals surface area contributed by atoms with Gasteiger partial charge in [0.2, 0.25) is 0 Å². The van der Waals surface area contributed by atoms with Crippen LogP contribution in [-0.2, 0) is 16.1 Å². The number of amides is 1. The molecule has 0 saturated heterocycles. The molecule has 0 atom stereocenters. The molecule has 0 fully saturated rings. The number of carbonyl (C=O) groups is 2. The molecule has 0 bridgehead atoms. The van der Waals surface area contributed by atoms with Crippen molar-refractivity contribution in [1.29, 1.82) is 0 Å². The molecular weight excluding hydrogens is 345 g/mol. The van der Waals surface area contributed by atoms with Gasteiger partial charge in [0.25, 0.3) is 5.91 Å². The van der Waals surface area contributed by atoms with Crippen molar-refractivity contribution in [3.63, 3.8) is 0 Å². The summed E-state index contributed by atoms with van der Waals surface area (Å²) in [6, 6.07) is 22.4. The van der Waals surface area contributed by atoms with Gasteiger partial charge in [0.05, 0.1) is 5.56 Å². The number of hydrogen-bond donors (Lipinski definition) is 1. The summed E-state index contributed by atoms with van der Waals surface area (Å²) in [7, 11) is 0. The molecule has 4 nitrogen and oxygen atoms in total. The maximum absolute atomic E-state index is 12.9. The summed E-state index contributed by atoms with van der Waals surface area (Å²) in [6.07, 6.45) is 0. The van der Waals surface area contributed by atoms with Gasteiger partial charge in [-0.25, -0.2) is 9.18 Å². The number of ether oxygens (including phenoxy) is 1. The summed E-state index contributed by atoms with van der Waals surface area (Å²) in [4.78, 5) is 24.3. The van der Waals surface area contributed by atoms with E-state index in [1.54, 1.807) is 24.3 Å². The molecule has 1 amide bonds. The summed E-state index contributed by atoms with van der Waals surface area (Å²) >= 11 is 0. The minimum absolute atomic E-state index is 0.233. The smallest absolute Gasteiger partial charge is 0.339 e. The summed E-state index contributed by atoms with van der Waals surface area (Å²) in [5.41, 5.74) is 2.79. The highest BCUT2D eigenvalue weighted by molar-refractivity contribution is 5.98. The van der Waals surface area contributed by atoms with E-state index >= 15 is 0 Å². The Kier molecular flexibility index (Phi) is 5.94. The van der Waals surface area contributed by atoms with E-state index in [1.165, 1.54) is 12.1 Å². The van der Waals surface area contributed by atoms with Crippen LogP contribution in [0, 0.1) is 5.82 Å². The number of benzene rings is 3. The third kappa shape index (κ3) is 5.01. The van der Waals surface area contributed by atoms with E-state index in [0.29, 0.717) is 5.56 Å². The largest absolute Gasteiger partial charge is 0.452 e. The molecule has 0 aliphatic rings. The molecule has 0 saturated carbocycles. The number of rotatable bonds is 6. The van der Waals surface area contributed by atoms with Gasteiger partial charge in [-0.2, -0.15) is 0 Å². The molecule has 3 aromatic carbocycles. The van der Waals surface area contributed by atoms with Gasteiger partial charge in [0, 0.05) is 6.54 Å². The van der Waals surface area contributed by atoms with Crippen LogP contribution in [0.15, 0.2) is 78.9 Å². The van der Waals surface area contributed by atoms with E-state index in [-0.39, 0.29) is 19.0 Å². The van der Waals surface area contributed by atoms with Crippen LogP contribution >= 0.6 is 0 Å². The van der Waals surface area contributed by atoms with Crippen molar-refractivity contribution in [1.82, 2.24) is 5.32 Å². The van der Waals surface area contributed by atoms with Gasteiger partial charge in [0.1, 0.15) is 5.82 Å². The average molecular weight is 363 g/mol. The SMILES string of the molecule is O=C(COC(=O)c1ccccc1-c1ccccc1)NCc1ccc(F)cc1. The lowest BCUT2D eigenvalue weighted by molar-refractivity contribution is -0.124. The zero-order valence-electron chi connectivity index (χ0n) is 14.5. The molecule has 0 aliphatic heterocycles. The van der Waals surface area contributed by atoms with E-state index in [9.17, 15) is 14.0 Å². The van der Waals surface area contributed by atoms with Gasteiger partial charge in [-0.1, -0.05) is 60.7 Å². The van der Waals surface area contributed by atoms with Crippen LogP contribution in [0.2, 0.25) is 0 Å². The first-order chi connectivity index (χ1) is 13.1. The van der Waals surface area contributed by atoms with Crippen molar-refractivity contribution in [3.05, 3.63) is 95.8 Å². The van der Waals surface area contributed by atoms with Crippen LogP contribution in [-0.4, -0.2) is 18.5 Å². The number of carbonyl (C=O) groups excluding carboxylic acids is 2. The highest BCUT2D eigenvalue weighted by atomic mass is 19.1. The molecular formula is C22H18FNO3. The number of esters is 1. The highest BCUT2D eigenvalue weighted by Gasteiger charge is 2.15. The zero-order valence-corrected chi connectivity index (χ0v) is 14.5. The predicted octanol–water partition coefficient (Wildman–Crippen LogP) is 3.97. The van der Waals surface area contributed by atoms with Crippen LogP contribution in [0.25, 0.3) is 11.1 Å². The van der Waals surface area contributed by atoms with Gasteiger partial charge < -0.3 is 10.1 Å². The Bertz CT molecular complexity index is 924. The average Bonchev–Trinajstić information content (AvgIpc) is 2.72. The first kappa shape index (κ1) is 18.3. The zero-order chi connectivity index (χ0) is 19.1. The van der Waals surface area contributed by atoms with Crippen molar-refractivity contribution < 1.29 is 18.7 Å². The lowest BCUT2D eigenvalue weighted by atomic mass is 10.00. The van der Waals surface area contributed by atoms with Crippen molar-refractivity contribution >= 4 is 11.9 Å². The molecule has 1 N–H and O–H groups in total. The number of nitrogens with one attached hydrogen (secondary N) is 1. The molecule has 136 valence electrons. The van der Waals surface area contributed by atoms with E-state index in [0.717, 1.165) is 16.7 Å². The fourth-order valence-corrected chi connectivity index (χ4v) is 2.59. The fraction of sp³-hybridized carbons (Fsp3) is 0.0909. The standard InChI is InChI=1S/C22H18FNO3/c23-18-12-10-16(11-13-18)14-24-21(25)15-27-22(26)20-9-5-4-8-19(20)17-6-2-1-3-7-17/h1-13H,14-15H2,(H,24,25). The lowest BCUT2D eigenvalue weighted by Gasteiger charge is -2.10. The van der Waals surface area contributed by atoms with Gasteiger partial charge >= 0.3 is 5.97 Å². The summed E-state index contributed by atoms with van der Waals surface area (Å²) in [5, 5.41) is 2.63. The third-order valence-electron chi connectivity index (χ3n) is 3.97. The van der Waals surface area contributed by atoms with Crippen LogP contribution < -0.4 is 5.32 Å². The Morgan fingerprint density at radius 1 is 0.852 bits per heavy atom. The predicted molar refractivity (Wildman–Crippen MR) is 100 cm³/mol. The van der Waals surface area contributed by atoms with Crippen molar-refractivity contribution in [2.75, 3.05) is 6.61 Å². The molecule has 0 aromatic heterocycles. The molecule has 0 unspecified atom stereocenters. The van der Waals surface area contributed by atoms with E-state index in [4.69, 9.17) is 4.74 Å². The van der Waals surface area contributed by atoms with Crippen molar-refractivity contribution in [2.45, 2.75) is 6.54 Å². The fourth-order valence-electron chi connectivity index (χ4n) is 2.59. The first-order valence-electron chi connectivity index (χ1n) is 8.46. The topological polar surface area (TPSA) is 55.4 Å². The van der Waals surface area contributed by atoms with Gasteiger partial charge in [-0.3, -0.25) is 4.79 Å². The first-order valence-corrected chi connectivity index (χ1v) is 8.46. The Morgan fingerprint density at radius 3 is 2.26 bits per heavy atom. The maximum atomic E-state index is 12.9. The minimum Gasteiger partial charge on any atom is -0.452 e. The van der Waals surface area contributed by atoms with Gasteiger partial charge in [-0.15, -0.1) is 0 Å². The second-order valence-electron chi connectivity index (χ2n) is 5.89. The maximum Gasteiger partial charge on any atom is 0.339 e. The van der Waals surface area contributed by atoms with E-state index in [2.05, 4.69) is 5.32 Å². The Hall–Kier alpha value is -3.47. The summed E-state index contributed by atoms with van der Waals surface area (Å²) in [5.74, 6) is -1.33. The summed E-state index contributed by atoms with van der Waals surface area (Å²) in [6.45, 7) is -0.152. The van der Waals surface area contributed by atoms with Crippen LogP contribution in [0.3, 0.4) is 0 Å². The third-order valence-corrected chi connectivity index (χ3v) is 3.97. The van der Waals surface area contributed by atoms with Gasteiger partial charge in [-0.05, 0) is 34.9 Å². The van der Waals surface area contributed by atoms with E-state index in [1.807, 2.05) is 42.5 Å². The Labute approximate surface area is 156 Å². The second kappa shape index (κ2) is 8.76. The molecule has 3 rings (SSSR count). The molecule has 0 heterocycles. The van der Waals surface area contributed by atoms with Crippen molar-refractivity contribution in [3.8, 4) is 11.1 Å². The lowest BCUT2D eigenvalue weighted by Crippen LogP contribution is -2.28. The molecule has 5 heteroatoms. The van der Waals surface area contributed by atoms with Crippen molar-refractivity contribution in [2.24, 2.45) is 0 Å². The normalized spacial score (nSPS) is 10.3. The molecule has 27 heavy (non-hydrogen) atoms. The summed E-state index contributed by atoms with van der Waals surface area (Å²) < 4.78 is 18.0. The van der Waals surface area contributed by atoms with Gasteiger partial charge in [0.15, 0.2) is 6.61 Å². The number of halogens is 1. The molecule has 0 radical (unpaired) electrons. The van der Waals surface area contributed by atoms with Crippen LogP contribution in [0.4, 0.5) is 4.39 Å². The quantitative estimate of drug-likeness (QED) is 0.675. The Balaban J connectivity index is 1.58. The minimum atomic E-state index is -0.564. The molecule has 0 aliphatic carbocycles. The number of hydrogen-bond acceptors (Lipinski definition) is 3. The van der Waals surface area contributed by atoms with Crippen LogP contribution in [0.5, 0.6) is 0 Å². The highest BCUT2D eigenvalue weighted by Crippen LogP contribution is 2.23.